The number of hydrogen-bond acceptors (Lipinski definition) is 3. The second-order valence-electron chi connectivity index (χ2n) is 5.94. The molecule has 0 N–H and O–H groups in total. The van der Waals surface area contributed by atoms with E-state index in [0.29, 0.717) is 58.4 Å². The Balaban J connectivity index is 1.75. The normalized spacial score (nSPS) is 15.7. The van der Waals surface area contributed by atoms with Gasteiger partial charge in [-0.05, 0) is 58.6 Å². The number of amides is 1. The Morgan fingerprint density at radius 2 is 2.00 bits per heavy atom. The number of benzene rings is 2. The summed E-state index contributed by atoms with van der Waals surface area (Å²) in [6.45, 7) is 1.34. The Morgan fingerprint density at radius 1 is 1.20 bits per heavy atom. The van der Waals surface area contributed by atoms with Crippen molar-refractivity contribution in [1.29, 1.82) is 0 Å². The highest BCUT2D eigenvalue weighted by molar-refractivity contribution is 9.10. The van der Waals surface area contributed by atoms with Gasteiger partial charge >= 0.3 is 0 Å². The monoisotopic (exact) mass is 425 g/mol. The van der Waals surface area contributed by atoms with E-state index in [1.807, 2.05) is 0 Å². The van der Waals surface area contributed by atoms with Gasteiger partial charge in [0.1, 0.15) is 19.0 Å². The van der Waals surface area contributed by atoms with Crippen LogP contribution in [0.4, 0.5) is 10.1 Å². The van der Waals surface area contributed by atoms with Crippen LogP contribution >= 0.6 is 27.5 Å². The minimum absolute atomic E-state index is 0.278. The van der Waals surface area contributed by atoms with E-state index in [4.69, 9.17) is 21.1 Å². The molecular weight excluding hydrogens is 413 g/mol. The van der Waals surface area contributed by atoms with E-state index in [2.05, 4.69) is 15.9 Å². The average Bonchev–Trinajstić information content (AvgIpc) is 2.60. The molecule has 0 unspecified atom stereocenters. The summed E-state index contributed by atoms with van der Waals surface area (Å²) in [5.74, 6) is 0.338. The van der Waals surface area contributed by atoms with Crippen molar-refractivity contribution in [3.05, 3.63) is 50.7 Å². The molecule has 7 heteroatoms. The standard InChI is InChI=1S/C18H14BrClFNO3/c19-13-7-11(8-15-17(13)25-5-4-24-15)18(23)22-3-1-2-10-6-12(20)9-14(21)16(10)22/h6-9H,1-5H2. The molecule has 0 fully saturated rings. The maximum Gasteiger partial charge on any atom is 0.258 e. The molecular formula is C18H14BrClFNO3. The molecule has 2 aliphatic heterocycles. The van der Waals surface area contributed by atoms with Crippen LogP contribution in [0.25, 0.3) is 0 Å². The van der Waals surface area contributed by atoms with E-state index in [9.17, 15) is 9.18 Å². The molecule has 0 saturated heterocycles. The molecule has 25 heavy (non-hydrogen) atoms. The highest BCUT2D eigenvalue weighted by Gasteiger charge is 2.29. The minimum Gasteiger partial charge on any atom is -0.486 e. The third kappa shape index (κ3) is 2.98. The van der Waals surface area contributed by atoms with Crippen molar-refractivity contribution < 1.29 is 18.7 Å². The van der Waals surface area contributed by atoms with Crippen LogP contribution in [-0.2, 0) is 6.42 Å². The Hall–Kier alpha value is -1.79. The fraction of sp³-hybridized carbons (Fsp3) is 0.278. The third-order valence-electron chi connectivity index (χ3n) is 4.29. The van der Waals surface area contributed by atoms with Crippen LogP contribution < -0.4 is 14.4 Å². The van der Waals surface area contributed by atoms with Crippen molar-refractivity contribution in [2.24, 2.45) is 0 Å². The predicted molar refractivity (Wildman–Crippen MR) is 96.5 cm³/mol. The number of hydrogen-bond donors (Lipinski definition) is 0. The molecule has 0 aromatic heterocycles. The molecule has 4 rings (SSSR count). The Labute approximate surface area is 157 Å². The number of anilines is 1. The van der Waals surface area contributed by atoms with Gasteiger partial charge in [-0.3, -0.25) is 4.79 Å². The van der Waals surface area contributed by atoms with Gasteiger partial charge in [0.15, 0.2) is 11.5 Å². The molecule has 130 valence electrons. The predicted octanol–water partition coefficient (Wildman–Crippen LogP) is 4.61. The van der Waals surface area contributed by atoms with E-state index < -0.39 is 5.82 Å². The largest absolute Gasteiger partial charge is 0.486 e. The summed E-state index contributed by atoms with van der Waals surface area (Å²) >= 11 is 9.36. The van der Waals surface area contributed by atoms with Gasteiger partial charge in [-0.25, -0.2) is 4.39 Å². The van der Waals surface area contributed by atoms with E-state index in [1.165, 1.54) is 11.0 Å². The SMILES string of the molecule is O=C(c1cc(Br)c2c(c1)OCCO2)N1CCCc2cc(Cl)cc(F)c21. The molecule has 0 aliphatic carbocycles. The Morgan fingerprint density at radius 3 is 2.84 bits per heavy atom. The summed E-state index contributed by atoms with van der Waals surface area (Å²) in [6.07, 6.45) is 1.45. The maximum atomic E-state index is 14.5. The second-order valence-corrected chi connectivity index (χ2v) is 7.23. The summed E-state index contributed by atoms with van der Waals surface area (Å²) in [6, 6.07) is 6.28. The van der Waals surface area contributed by atoms with Gasteiger partial charge in [0, 0.05) is 17.1 Å². The van der Waals surface area contributed by atoms with Gasteiger partial charge < -0.3 is 14.4 Å². The second kappa shape index (κ2) is 6.50. The van der Waals surface area contributed by atoms with Crippen LogP contribution in [0, 0.1) is 5.82 Å². The molecule has 2 aromatic carbocycles. The number of fused-ring (bicyclic) bond motifs is 2. The molecule has 0 radical (unpaired) electrons. The number of rotatable bonds is 1. The van der Waals surface area contributed by atoms with E-state index in [1.54, 1.807) is 18.2 Å². The van der Waals surface area contributed by atoms with Crippen molar-refractivity contribution >= 4 is 39.1 Å². The number of aryl methyl sites for hydroxylation is 1. The number of halogens is 3. The highest BCUT2D eigenvalue weighted by atomic mass is 79.9. The van der Waals surface area contributed by atoms with Crippen molar-refractivity contribution in [2.75, 3.05) is 24.7 Å². The van der Waals surface area contributed by atoms with Crippen LogP contribution in [0.3, 0.4) is 0 Å². The van der Waals surface area contributed by atoms with Crippen molar-refractivity contribution in [2.45, 2.75) is 12.8 Å². The van der Waals surface area contributed by atoms with E-state index in [-0.39, 0.29) is 5.91 Å². The van der Waals surface area contributed by atoms with Crippen LogP contribution in [0.1, 0.15) is 22.3 Å². The van der Waals surface area contributed by atoms with Crippen LogP contribution in [0.15, 0.2) is 28.7 Å². The van der Waals surface area contributed by atoms with Gasteiger partial charge in [-0.2, -0.15) is 0 Å². The lowest BCUT2D eigenvalue weighted by molar-refractivity contribution is 0.0982. The van der Waals surface area contributed by atoms with Crippen LogP contribution in [0.2, 0.25) is 5.02 Å². The quantitative estimate of drug-likeness (QED) is 0.669. The van der Waals surface area contributed by atoms with E-state index >= 15 is 0 Å². The number of carbonyl (C=O) groups is 1. The fourth-order valence-corrected chi connectivity index (χ4v) is 4.03. The van der Waals surface area contributed by atoms with Crippen molar-refractivity contribution in [1.82, 2.24) is 0 Å². The topological polar surface area (TPSA) is 38.8 Å². The molecule has 2 heterocycles. The first-order valence-corrected chi connectivity index (χ1v) is 9.10. The lowest BCUT2D eigenvalue weighted by Gasteiger charge is -2.30. The zero-order valence-corrected chi connectivity index (χ0v) is 15.5. The lowest BCUT2D eigenvalue weighted by Crippen LogP contribution is -2.36. The summed E-state index contributed by atoms with van der Waals surface area (Å²) in [7, 11) is 0. The molecule has 2 aliphatic rings. The van der Waals surface area contributed by atoms with Crippen molar-refractivity contribution in [3.8, 4) is 11.5 Å². The van der Waals surface area contributed by atoms with Gasteiger partial charge in [-0.15, -0.1) is 0 Å². The highest BCUT2D eigenvalue weighted by Crippen LogP contribution is 2.40. The zero-order valence-electron chi connectivity index (χ0n) is 13.2. The molecule has 0 bridgehead atoms. The molecule has 4 nitrogen and oxygen atoms in total. The number of carbonyl (C=O) groups excluding carboxylic acids is 1. The van der Waals surface area contributed by atoms with Gasteiger partial charge in [0.25, 0.3) is 5.91 Å². The third-order valence-corrected chi connectivity index (χ3v) is 5.10. The summed E-state index contributed by atoms with van der Waals surface area (Å²) in [5, 5.41) is 0.340. The Kier molecular flexibility index (Phi) is 4.33. The van der Waals surface area contributed by atoms with Gasteiger partial charge in [0.05, 0.1) is 10.2 Å². The molecule has 0 atom stereocenters. The number of nitrogens with zero attached hydrogens (tertiary/aromatic N) is 1. The first-order valence-electron chi connectivity index (χ1n) is 7.93. The molecule has 2 aromatic rings. The minimum atomic E-state index is -0.479. The van der Waals surface area contributed by atoms with Crippen LogP contribution in [-0.4, -0.2) is 25.7 Å². The smallest absolute Gasteiger partial charge is 0.258 e. The van der Waals surface area contributed by atoms with Crippen LogP contribution in [0.5, 0.6) is 11.5 Å². The summed E-state index contributed by atoms with van der Waals surface area (Å²) < 4.78 is 26.2. The zero-order chi connectivity index (χ0) is 17.6. The van der Waals surface area contributed by atoms with E-state index in [0.717, 1.165) is 12.0 Å². The summed E-state index contributed by atoms with van der Waals surface area (Å²) in [4.78, 5) is 14.5. The van der Waals surface area contributed by atoms with Gasteiger partial charge in [-0.1, -0.05) is 11.6 Å². The molecule has 1 amide bonds. The Bertz CT molecular complexity index is 874. The number of ether oxygens (including phenoxy) is 2. The first kappa shape index (κ1) is 16.7. The first-order chi connectivity index (χ1) is 12.0. The lowest BCUT2D eigenvalue weighted by atomic mass is 10.00. The van der Waals surface area contributed by atoms with Gasteiger partial charge in [0.2, 0.25) is 0 Å². The van der Waals surface area contributed by atoms with Crippen molar-refractivity contribution in [3.63, 3.8) is 0 Å². The molecule has 0 spiro atoms. The molecule has 0 saturated carbocycles. The average molecular weight is 427 g/mol. The maximum absolute atomic E-state index is 14.5. The fourth-order valence-electron chi connectivity index (χ4n) is 3.24. The summed E-state index contributed by atoms with van der Waals surface area (Å²) in [5.41, 5.74) is 1.48.